The van der Waals surface area contributed by atoms with Crippen LogP contribution in [0, 0.1) is 6.92 Å². The number of hydrogen-bond donors (Lipinski definition) is 2. The topological polar surface area (TPSA) is 98.9 Å². The van der Waals surface area contributed by atoms with Crippen molar-refractivity contribution in [3.8, 4) is 34.0 Å². The molecule has 0 spiro atoms. The highest BCUT2D eigenvalue weighted by Gasteiger charge is 2.15. The fraction of sp³-hybridized carbons (Fsp3) is 0.235. The van der Waals surface area contributed by atoms with Gasteiger partial charge in [0.15, 0.2) is 11.5 Å². The molecule has 3 N–H and O–H groups in total. The third-order valence-corrected chi connectivity index (χ3v) is 3.77. The SMILES string of the molecule is CCOc1ccc(-c2cc(C)c(N)cc2-c2nn[nH]n2)cc1OC. The number of ether oxygens (including phenoxy) is 2. The molecule has 3 aromatic rings. The van der Waals surface area contributed by atoms with Crippen LogP contribution < -0.4 is 15.2 Å². The predicted octanol–water partition coefficient (Wildman–Crippen LogP) is 2.83. The Morgan fingerprint density at radius 3 is 2.62 bits per heavy atom. The van der Waals surface area contributed by atoms with Crippen molar-refractivity contribution in [2.45, 2.75) is 13.8 Å². The van der Waals surface area contributed by atoms with Gasteiger partial charge in [-0.2, -0.15) is 5.21 Å². The van der Waals surface area contributed by atoms with E-state index in [2.05, 4.69) is 20.6 Å². The van der Waals surface area contributed by atoms with Gasteiger partial charge in [-0.15, -0.1) is 10.2 Å². The van der Waals surface area contributed by atoms with Gasteiger partial charge in [0.25, 0.3) is 0 Å². The molecule has 3 rings (SSSR count). The number of H-pyrrole nitrogens is 1. The lowest BCUT2D eigenvalue weighted by atomic mass is 9.95. The summed E-state index contributed by atoms with van der Waals surface area (Å²) < 4.78 is 11.0. The first-order valence-electron chi connectivity index (χ1n) is 7.59. The van der Waals surface area contributed by atoms with Crippen LogP contribution in [0.1, 0.15) is 12.5 Å². The van der Waals surface area contributed by atoms with Crippen LogP contribution in [0.4, 0.5) is 5.69 Å². The molecule has 0 atom stereocenters. The van der Waals surface area contributed by atoms with Crippen LogP contribution in [0.5, 0.6) is 11.5 Å². The number of nitrogens with one attached hydrogen (secondary N) is 1. The molecule has 7 nitrogen and oxygen atoms in total. The van der Waals surface area contributed by atoms with Gasteiger partial charge in [-0.1, -0.05) is 6.07 Å². The van der Waals surface area contributed by atoms with Gasteiger partial charge in [0, 0.05) is 11.3 Å². The summed E-state index contributed by atoms with van der Waals surface area (Å²) in [4.78, 5) is 0. The minimum absolute atomic E-state index is 0.490. The van der Waals surface area contributed by atoms with E-state index in [0.717, 1.165) is 22.3 Å². The van der Waals surface area contributed by atoms with Gasteiger partial charge in [0.2, 0.25) is 5.82 Å². The highest BCUT2D eigenvalue weighted by atomic mass is 16.5. The molecule has 7 heteroatoms. The molecular weight excluding hydrogens is 306 g/mol. The van der Waals surface area contributed by atoms with Crippen molar-refractivity contribution < 1.29 is 9.47 Å². The van der Waals surface area contributed by atoms with Crippen LogP contribution in [0.15, 0.2) is 30.3 Å². The molecule has 0 aliphatic rings. The molecule has 0 saturated heterocycles. The van der Waals surface area contributed by atoms with E-state index >= 15 is 0 Å². The summed E-state index contributed by atoms with van der Waals surface area (Å²) in [7, 11) is 1.62. The lowest BCUT2D eigenvalue weighted by molar-refractivity contribution is 0.311. The maximum Gasteiger partial charge on any atom is 0.205 e. The van der Waals surface area contributed by atoms with Gasteiger partial charge in [0.05, 0.1) is 13.7 Å². The molecule has 0 amide bonds. The Hall–Kier alpha value is -3.09. The van der Waals surface area contributed by atoms with Crippen molar-refractivity contribution in [2.75, 3.05) is 19.5 Å². The monoisotopic (exact) mass is 325 g/mol. The second-order valence-electron chi connectivity index (χ2n) is 5.29. The molecule has 124 valence electrons. The summed E-state index contributed by atoms with van der Waals surface area (Å²) in [6.07, 6.45) is 0. The Kier molecular flexibility index (Phi) is 4.33. The average molecular weight is 325 g/mol. The number of nitrogens with zero attached hydrogens (tertiary/aromatic N) is 3. The first-order valence-corrected chi connectivity index (χ1v) is 7.59. The number of hydrogen-bond acceptors (Lipinski definition) is 6. The minimum Gasteiger partial charge on any atom is -0.493 e. The van der Waals surface area contributed by atoms with Gasteiger partial charge in [0.1, 0.15) is 0 Å². The lowest BCUT2D eigenvalue weighted by Gasteiger charge is -2.14. The smallest absolute Gasteiger partial charge is 0.205 e. The molecular formula is C17H19N5O2. The van der Waals surface area contributed by atoms with Gasteiger partial charge >= 0.3 is 0 Å². The van der Waals surface area contributed by atoms with Gasteiger partial charge in [-0.3, -0.25) is 0 Å². The van der Waals surface area contributed by atoms with E-state index in [9.17, 15) is 0 Å². The first-order chi connectivity index (χ1) is 11.6. The third kappa shape index (κ3) is 2.88. The lowest BCUT2D eigenvalue weighted by Crippen LogP contribution is -1.97. The molecule has 1 heterocycles. The minimum atomic E-state index is 0.490. The maximum absolute atomic E-state index is 6.06. The number of benzene rings is 2. The number of methoxy groups -OCH3 is 1. The second kappa shape index (κ2) is 6.57. The van der Waals surface area contributed by atoms with Crippen molar-refractivity contribution in [1.29, 1.82) is 0 Å². The van der Waals surface area contributed by atoms with Crippen molar-refractivity contribution in [3.05, 3.63) is 35.9 Å². The van der Waals surface area contributed by atoms with Crippen LogP contribution in [0.2, 0.25) is 0 Å². The van der Waals surface area contributed by atoms with E-state index in [1.165, 1.54) is 0 Å². The Morgan fingerprint density at radius 1 is 1.12 bits per heavy atom. The van der Waals surface area contributed by atoms with Crippen LogP contribution in [0.3, 0.4) is 0 Å². The van der Waals surface area contributed by atoms with Crippen molar-refractivity contribution in [2.24, 2.45) is 0 Å². The molecule has 0 aliphatic carbocycles. The first kappa shape index (κ1) is 15.8. The number of rotatable bonds is 5. The summed E-state index contributed by atoms with van der Waals surface area (Å²) in [6, 6.07) is 9.67. The van der Waals surface area contributed by atoms with Crippen molar-refractivity contribution in [1.82, 2.24) is 20.6 Å². The summed E-state index contributed by atoms with van der Waals surface area (Å²) in [5, 5.41) is 14.3. The summed E-state index contributed by atoms with van der Waals surface area (Å²) in [5.74, 6) is 1.87. The van der Waals surface area contributed by atoms with Gasteiger partial charge in [-0.25, -0.2) is 0 Å². The van der Waals surface area contributed by atoms with Crippen LogP contribution in [0.25, 0.3) is 22.5 Å². The van der Waals surface area contributed by atoms with E-state index < -0.39 is 0 Å². The summed E-state index contributed by atoms with van der Waals surface area (Å²) in [5.41, 5.74) is 10.4. The second-order valence-corrected chi connectivity index (χ2v) is 5.29. The van der Waals surface area contributed by atoms with E-state index in [4.69, 9.17) is 15.2 Å². The standard InChI is InChI=1S/C17H19N5O2/c1-4-24-15-6-5-11(8-16(15)23-3)12-7-10(2)14(18)9-13(12)17-19-21-22-20-17/h5-9H,4,18H2,1-3H3,(H,19,20,21,22). The molecule has 0 fully saturated rings. The van der Waals surface area contributed by atoms with Gasteiger partial charge < -0.3 is 15.2 Å². The van der Waals surface area contributed by atoms with Crippen LogP contribution in [-0.2, 0) is 0 Å². The normalized spacial score (nSPS) is 10.6. The third-order valence-electron chi connectivity index (χ3n) is 3.77. The molecule has 0 unspecified atom stereocenters. The van der Waals surface area contributed by atoms with Crippen LogP contribution in [-0.4, -0.2) is 34.3 Å². The molecule has 24 heavy (non-hydrogen) atoms. The predicted molar refractivity (Wildman–Crippen MR) is 91.9 cm³/mol. The Morgan fingerprint density at radius 2 is 1.96 bits per heavy atom. The van der Waals surface area contributed by atoms with E-state index in [-0.39, 0.29) is 0 Å². The fourth-order valence-corrected chi connectivity index (χ4v) is 2.53. The average Bonchev–Trinajstić information content (AvgIpc) is 3.12. The maximum atomic E-state index is 6.06. The molecule has 0 bridgehead atoms. The zero-order chi connectivity index (χ0) is 17.1. The van der Waals surface area contributed by atoms with Crippen molar-refractivity contribution in [3.63, 3.8) is 0 Å². The van der Waals surface area contributed by atoms with E-state index in [0.29, 0.717) is 29.6 Å². The molecule has 0 radical (unpaired) electrons. The summed E-state index contributed by atoms with van der Waals surface area (Å²) in [6.45, 7) is 4.47. The number of aromatic amines is 1. The van der Waals surface area contributed by atoms with Crippen molar-refractivity contribution >= 4 is 5.69 Å². The molecule has 0 saturated carbocycles. The fourth-order valence-electron chi connectivity index (χ4n) is 2.53. The zero-order valence-corrected chi connectivity index (χ0v) is 13.8. The molecule has 1 aromatic heterocycles. The highest BCUT2D eigenvalue weighted by molar-refractivity contribution is 5.84. The number of nitrogen functional groups attached to an aromatic ring is 1. The molecule has 0 aliphatic heterocycles. The van der Waals surface area contributed by atoms with Gasteiger partial charge in [-0.05, 0) is 60.0 Å². The quantitative estimate of drug-likeness (QED) is 0.700. The number of aromatic nitrogens is 4. The zero-order valence-electron chi connectivity index (χ0n) is 13.8. The number of tetrazole rings is 1. The molecule has 2 aromatic carbocycles. The summed E-state index contributed by atoms with van der Waals surface area (Å²) >= 11 is 0. The largest absolute Gasteiger partial charge is 0.493 e. The number of aryl methyl sites for hydroxylation is 1. The Balaban J connectivity index is 2.17. The Bertz CT molecular complexity index is 846. The highest BCUT2D eigenvalue weighted by Crippen LogP contribution is 2.38. The van der Waals surface area contributed by atoms with E-state index in [1.807, 2.05) is 44.2 Å². The van der Waals surface area contributed by atoms with Crippen LogP contribution >= 0.6 is 0 Å². The Labute approximate surface area is 139 Å². The number of nitrogens with two attached hydrogens (primary N) is 1. The number of anilines is 1. The van der Waals surface area contributed by atoms with E-state index in [1.54, 1.807) is 7.11 Å².